The third kappa shape index (κ3) is 7.91. The monoisotopic (exact) mass is 601 g/mol. The zero-order valence-electron chi connectivity index (χ0n) is 22.6. The molecule has 0 aliphatic carbocycles. The second kappa shape index (κ2) is 12.6. The van der Waals surface area contributed by atoms with Crippen LogP contribution < -0.4 is 10.6 Å². The fourth-order valence-corrected chi connectivity index (χ4v) is 4.37. The largest absolute Gasteiger partial charge is 0.481 e. The molecule has 43 heavy (non-hydrogen) atoms. The van der Waals surface area contributed by atoms with Crippen molar-refractivity contribution >= 4 is 17.6 Å². The molecule has 0 saturated carbocycles. The van der Waals surface area contributed by atoms with E-state index in [1.807, 2.05) is 0 Å². The van der Waals surface area contributed by atoms with Crippen molar-refractivity contribution in [3.05, 3.63) is 107 Å². The lowest BCUT2D eigenvalue weighted by atomic mass is 9.97. The number of rotatable bonds is 9. The SMILES string of the molecule is Cc1cc(C(F)(F)F)ccc1-c1ccc(NCc2ccc(C(F)(F)F)cc2-c2ccc(C(=O)NCCC(=O)O)nc2)cc1. The van der Waals surface area contributed by atoms with Gasteiger partial charge in [-0.05, 0) is 77.2 Å². The molecule has 0 atom stereocenters. The van der Waals surface area contributed by atoms with Crippen molar-refractivity contribution in [2.45, 2.75) is 32.2 Å². The summed E-state index contributed by atoms with van der Waals surface area (Å²) in [4.78, 5) is 26.9. The van der Waals surface area contributed by atoms with E-state index in [-0.39, 0.29) is 30.8 Å². The van der Waals surface area contributed by atoms with Gasteiger partial charge in [0.1, 0.15) is 5.69 Å². The van der Waals surface area contributed by atoms with Crippen LogP contribution in [0.15, 0.2) is 79.0 Å². The quantitative estimate of drug-likeness (QED) is 0.172. The van der Waals surface area contributed by atoms with E-state index < -0.39 is 35.4 Å². The number of carboxylic acids is 1. The molecular weight excluding hydrogens is 576 g/mol. The maximum absolute atomic E-state index is 13.5. The van der Waals surface area contributed by atoms with E-state index in [9.17, 15) is 35.9 Å². The summed E-state index contributed by atoms with van der Waals surface area (Å²) < 4.78 is 79.6. The van der Waals surface area contributed by atoms with Crippen molar-refractivity contribution < 1.29 is 41.0 Å². The molecule has 3 N–H and O–H groups in total. The van der Waals surface area contributed by atoms with Crippen LogP contribution in [-0.4, -0.2) is 28.5 Å². The molecule has 0 unspecified atom stereocenters. The highest BCUT2D eigenvalue weighted by atomic mass is 19.4. The van der Waals surface area contributed by atoms with Gasteiger partial charge in [-0.25, -0.2) is 0 Å². The average Bonchev–Trinajstić information content (AvgIpc) is 2.95. The Kier molecular flexibility index (Phi) is 9.07. The molecule has 0 aliphatic rings. The number of hydrogen-bond acceptors (Lipinski definition) is 4. The number of halogens is 6. The first-order valence-corrected chi connectivity index (χ1v) is 12.9. The highest BCUT2D eigenvalue weighted by Crippen LogP contribution is 2.35. The predicted octanol–water partition coefficient (Wildman–Crippen LogP) is 7.58. The average molecular weight is 602 g/mol. The zero-order valence-corrected chi connectivity index (χ0v) is 22.6. The lowest BCUT2D eigenvalue weighted by Crippen LogP contribution is -2.26. The summed E-state index contributed by atoms with van der Waals surface area (Å²) in [6.45, 7) is 1.62. The van der Waals surface area contributed by atoms with Crippen molar-refractivity contribution in [1.82, 2.24) is 10.3 Å². The van der Waals surface area contributed by atoms with Gasteiger partial charge < -0.3 is 15.7 Å². The van der Waals surface area contributed by atoms with Gasteiger partial charge in [0, 0.05) is 30.5 Å². The molecule has 0 bridgehead atoms. The number of anilines is 1. The molecule has 12 heteroatoms. The number of nitrogens with zero attached hydrogens (tertiary/aromatic N) is 1. The van der Waals surface area contributed by atoms with Crippen LogP contribution in [0.1, 0.15) is 39.2 Å². The zero-order chi connectivity index (χ0) is 31.4. The van der Waals surface area contributed by atoms with Crippen LogP contribution in [0.5, 0.6) is 0 Å². The van der Waals surface area contributed by atoms with Crippen LogP contribution in [0.25, 0.3) is 22.3 Å². The Morgan fingerprint density at radius 3 is 2.00 bits per heavy atom. The number of aryl methyl sites for hydroxylation is 1. The van der Waals surface area contributed by atoms with Crippen LogP contribution in [0.2, 0.25) is 0 Å². The number of carbonyl (C=O) groups excluding carboxylic acids is 1. The molecule has 4 rings (SSSR count). The van der Waals surface area contributed by atoms with Crippen molar-refractivity contribution in [1.29, 1.82) is 0 Å². The molecule has 1 aromatic heterocycles. The van der Waals surface area contributed by atoms with Gasteiger partial charge in [-0.3, -0.25) is 14.6 Å². The lowest BCUT2D eigenvalue weighted by molar-refractivity contribution is -0.138. The van der Waals surface area contributed by atoms with Gasteiger partial charge in [0.2, 0.25) is 0 Å². The minimum Gasteiger partial charge on any atom is -0.481 e. The molecule has 0 fully saturated rings. The number of amides is 1. The number of carbonyl (C=O) groups is 2. The standard InChI is InChI=1S/C31H25F6N3O3/c1-18-14-22(30(32,33)34)7-10-25(18)19-3-8-24(9-4-19)39-16-20-2-6-23(31(35,36)37)15-26(20)21-5-11-27(40-17-21)29(43)38-13-12-28(41)42/h2-11,14-15,17,39H,12-13,16H2,1H3,(H,38,43)(H,41,42). The molecule has 0 radical (unpaired) electrons. The van der Waals surface area contributed by atoms with E-state index in [2.05, 4.69) is 15.6 Å². The van der Waals surface area contributed by atoms with Gasteiger partial charge in [-0.15, -0.1) is 0 Å². The second-order valence-corrected chi connectivity index (χ2v) is 9.66. The van der Waals surface area contributed by atoms with Gasteiger partial charge in [0.25, 0.3) is 5.91 Å². The predicted molar refractivity (Wildman–Crippen MR) is 148 cm³/mol. The van der Waals surface area contributed by atoms with E-state index in [4.69, 9.17) is 5.11 Å². The van der Waals surface area contributed by atoms with Crippen molar-refractivity contribution in [3.8, 4) is 22.3 Å². The Labute approximate surface area is 242 Å². The fourth-order valence-electron chi connectivity index (χ4n) is 4.37. The second-order valence-electron chi connectivity index (χ2n) is 9.66. The van der Waals surface area contributed by atoms with E-state index >= 15 is 0 Å². The molecule has 0 aliphatic heterocycles. The highest BCUT2D eigenvalue weighted by molar-refractivity contribution is 5.92. The third-order valence-electron chi connectivity index (χ3n) is 6.60. The molecule has 224 valence electrons. The van der Waals surface area contributed by atoms with Crippen LogP contribution in [0, 0.1) is 6.92 Å². The summed E-state index contributed by atoms with van der Waals surface area (Å²) in [6, 6.07) is 16.5. The normalized spacial score (nSPS) is 11.7. The fraction of sp³-hybridized carbons (Fsp3) is 0.194. The van der Waals surface area contributed by atoms with Crippen molar-refractivity contribution in [2.24, 2.45) is 0 Å². The number of aliphatic carboxylic acids is 1. The Morgan fingerprint density at radius 1 is 0.791 bits per heavy atom. The Bertz CT molecular complexity index is 1620. The summed E-state index contributed by atoms with van der Waals surface area (Å²) in [5, 5.41) is 14.3. The lowest BCUT2D eigenvalue weighted by Gasteiger charge is -2.16. The minimum atomic E-state index is -4.59. The van der Waals surface area contributed by atoms with Gasteiger partial charge in [-0.2, -0.15) is 26.3 Å². The highest BCUT2D eigenvalue weighted by Gasteiger charge is 2.32. The number of nitrogens with one attached hydrogen (secondary N) is 2. The van der Waals surface area contributed by atoms with E-state index in [1.165, 1.54) is 30.5 Å². The van der Waals surface area contributed by atoms with Gasteiger partial charge in [-0.1, -0.05) is 30.3 Å². The molecule has 0 saturated heterocycles. The molecule has 4 aromatic rings. The summed E-state index contributed by atoms with van der Waals surface area (Å²) in [7, 11) is 0. The molecule has 1 amide bonds. The Balaban J connectivity index is 1.53. The summed E-state index contributed by atoms with van der Waals surface area (Å²) in [5.41, 5.74) is 1.89. The first-order chi connectivity index (χ1) is 20.2. The topological polar surface area (TPSA) is 91.3 Å². The number of hydrogen-bond donors (Lipinski definition) is 3. The number of benzene rings is 3. The Morgan fingerprint density at radius 2 is 1.42 bits per heavy atom. The van der Waals surface area contributed by atoms with Crippen LogP contribution >= 0.6 is 0 Å². The van der Waals surface area contributed by atoms with Crippen LogP contribution in [0.4, 0.5) is 32.0 Å². The Hall–Kier alpha value is -4.87. The maximum atomic E-state index is 13.5. The first-order valence-electron chi connectivity index (χ1n) is 12.9. The third-order valence-corrected chi connectivity index (χ3v) is 6.60. The number of aromatic nitrogens is 1. The minimum absolute atomic E-state index is 0.0239. The van der Waals surface area contributed by atoms with E-state index in [0.29, 0.717) is 33.5 Å². The molecule has 3 aromatic carbocycles. The first kappa shape index (κ1) is 31.1. The van der Waals surface area contributed by atoms with Gasteiger partial charge in [0.05, 0.1) is 17.5 Å². The van der Waals surface area contributed by atoms with E-state index in [1.54, 1.807) is 31.2 Å². The maximum Gasteiger partial charge on any atom is 0.416 e. The van der Waals surface area contributed by atoms with Crippen LogP contribution in [0.3, 0.4) is 0 Å². The van der Waals surface area contributed by atoms with Crippen molar-refractivity contribution in [2.75, 3.05) is 11.9 Å². The summed E-state index contributed by atoms with van der Waals surface area (Å²) in [6.07, 6.45) is -8.04. The number of pyridine rings is 1. The number of alkyl halides is 6. The summed E-state index contributed by atoms with van der Waals surface area (Å²) >= 11 is 0. The molecule has 0 spiro atoms. The summed E-state index contributed by atoms with van der Waals surface area (Å²) in [5.74, 6) is -1.70. The van der Waals surface area contributed by atoms with Crippen molar-refractivity contribution in [3.63, 3.8) is 0 Å². The molecular formula is C31H25F6N3O3. The molecule has 6 nitrogen and oxygen atoms in total. The smallest absolute Gasteiger partial charge is 0.416 e. The number of carboxylic acid groups (broad SMARTS) is 1. The van der Waals surface area contributed by atoms with E-state index in [0.717, 1.165) is 24.3 Å². The van der Waals surface area contributed by atoms with Gasteiger partial charge >= 0.3 is 18.3 Å². The van der Waals surface area contributed by atoms with Crippen LogP contribution in [-0.2, 0) is 23.7 Å². The van der Waals surface area contributed by atoms with Gasteiger partial charge in [0.15, 0.2) is 0 Å². The molecule has 1 heterocycles.